The fraction of sp³-hybridized carbons (Fsp3) is 0.185. The highest BCUT2D eigenvalue weighted by atomic mass is 16.5. The smallest absolute Gasteiger partial charge is 0.416 e. The van der Waals surface area contributed by atoms with E-state index in [1.54, 1.807) is 43.6 Å². The van der Waals surface area contributed by atoms with Crippen LogP contribution in [0.25, 0.3) is 10.9 Å². The van der Waals surface area contributed by atoms with Gasteiger partial charge in [-0.3, -0.25) is 9.36 Å². The first-order valence-corrected chi connectivity index (χ1v) is 11.1. The van der Waals surface area contributed by atoms with Crippen molar-refractivity contribution in [1.82, 2.24) is 4.57 Å². The van der Waals surface area contributed by atoms with Gasteiger partial charge in [0.25, 0.3) is 5.91 Å². The van der Waals surface area contributed by atoms with Crippen LogP contribution < -0.4 is 15.0 Å². The summed E-state index contributed by atoms with van der Waals surface area (Å²) in [6.07, 6.45) is 1.25. The van der Waals surface area contributed by atoms with Crippen molar-refractivity contribution < 1.29 is 19.4 Å². The summed E-state index contributed by atoms with van der Waals surface area (Å²) in [4.78, 5) is 26.9. The monoisotopic (exact) mass is 455 g/mol. The van der Waals surface area contributed by atoms with Crippen molar-refractivity contribution in [2.24, 2.45) is 0 Å². The number of carbonyl (C=O) groups is 2. The van der Waals surface area contributed by atoms with E-state index in [0.29, 0.717) is 23.3 Å². The third-order valence-electron chi connectivity index (χ3n) is 6.41. The van der Waals surface area contributed by atoms with Crippen LogP contribution in [0.1, 0.15) is 35.3 Å². The van der Waals surface area contributed by atoms with Gasteiger partial charge < -0.3 is 20.1 Å². The number of rotatable bonds is 4. The maximum absolute atomic E-state index is 13.5. The number of hydrogen-bond acceptors (Lipinski definition) is 4. The standard InChI is InChI=1S/C27H25N3O4/c1-17-16-23(28-22-7-5-9-24-21(22)14-15-29(24)27(32)33)20-6-3-4-8-25(20)30(17)26(31)18-10-12-19(34-2)13-11-18/h3-15,17,23,28H,16H2,1-2H3,(H,32,33)/t17-,23+/m0/s1. The molecule has 2 N–H and O–H groups in total. The highest BCUT2D eigenvalue weighted by Gasteiger charge is 2.34. The molecular formula is C27H25N3O4. The molecular weight excluding hydrogens is 430 g/mol. The zero-order chi connectivity index (χ0) is 23.8. The van der Waals surface area contributed by atoms with Crippen molar-refractivity contribution in [3.8, 4) is 5.75 Å². The predicted molar refractivity (Wildman–Crippen MR) is 132 cm³/mol. The molecule has 34 heavy (non-hydrogen) atoms. The van der Waals surface area contributed by atoms with Gasteiger partial charge in [-0.1, -0.05) is 24.3 Å². The SMILES string of the molecule is COc1ccc(C(=O)N2c3ccccc3[C@H](Nc3cccc4c3ccn4C(=O)O)C[C@@H]2C)cc1. The van der Waals surface area contributed by atoms with E-state index < -0.39 is 6.09 Å². The van der Waals surface area contributed by atoms with Crippen LogP contribution in [-0.4, -0.2) is 34.8 Å². The molecule has 0 fully saturated rings. The Bertz CT molecular complexity index is 1380. The van der Waals surface area contributed by atoms with Gasteiger partial charge in [-0.25, -0.2) is 4.79 Å². The molecule has 0 bridgehead atoms. The Labute approximate surface area is 197 Å². The number of carboxylic acid groups (broad SMARTS) is 1. The molecule has 4 aromatic rings. The zero-order valence-corrected chi connectivity index (χ0v) is 18.9. The van der Waals surface area contributed by atoms with E-state index in [4.69, 9.17) is 4.74 Å². The van der Waals surface area contributed by atoms with Gasteiger partial charge in [0.1, 0.15) is 5.75 Å². The van der Waals surface area contributed by atoms with E-state index in [-0.39, 0.29) is 18.0 Å². The lowest BCUT2D eigenvalue weighted by atomic mass is 9.90. The number of fused-ring (bicyclic) bond motifs is 2. The number of aromatic nitrogens is 1. The Hall–Kier alpha value is -4.26. The summed E-state index contributed by atoms with van der Waals surface area (Å²) in [5.74, 6) is 0.653. The van der Waals surface area contributed by atoms with E-state index in [2.05, 4.69) is 5.32 Å². The lowest BCUT2D eigenvalue weighted by molar-refractivity contribution is 0.0974. The van der Waals surface area contributed by atoms with Crippen molar-refractivity contribution in [2.45, 2.75) is 25.4 Å². The van der Waals surface area contributed by atoms with Gasteiger partial charge in [-0.15, -0.1) is 0 Å². The minimum Gasteiger partial charge on any atom is -0.497 e. The summed E-state index contributed by atoms with van der Waals surface area (Å²) in [5, 5.41) is 13.9. The minimum atomic E-state index is -1.02. The molecule has 1 aliphatic rings. The molecule has 5 rings (SSSR count). The summed E-state index contributed by atoms with van der Waals surface area (Å²) >= 11 is 0. The molecule has 0 radical (unpaired) electrons. The van der Waals surface area contributed by atoms with E-state index in [0.717, 1.165) is 22.3 Å². The molecule has 1 aromatic heterocycles. The molecule has 172 valence electrons. The van der Waals surface area contributed by atoms with E-state index in [1.807, 2.05) is 54.3 Å². The molecule has 2 atom stereocenters. The average Bonchev–Trinajstić information content (AvgIpc) is 3.29. The molecule has 0 saturated carbocycles. The van der Waals surface area contributed by atoms with Crippen LogP contribution >= 0.6 is 0 Å². The number of methoxy groups -OCH3 is 1. The van der Waals surface area contributed by atoms with Crippen LogP contribution in [0.3, 0.4) is 0 Å². The third-order valence-corrected chi connectivity index (χ3v) is 6.41. The Balaban J connectivity index is 1.49. The van der Waals surface area contributed by atoms with E-state index in [9.17, 15) is 14.7 Å². The van der Waals surface area contributed by atoms with Crippen LogP contribution in [0.15, 0.2) is 79.0 Å². The highest BCUT2D eigenvalue weighted by Crippen LogP contribution is 2.40. The molecule has 7 nitrogen and oxygen atoms in total. The number of para-hydroxylation sites is 1. The second kappa shape index (κ2) is 8.59. The number of amides is 1. The molecule has 0 unspecified atom stereocenters. The van der Waals surface area contributed by atoms with E-state index in [1.165, 1.54) is 4.57 Å². The van der Waals surface area contributed by atoms with Gasteiger partial charge in [0.2, 0.25) is 0 Å². The third kappa shape index (κ3) is 3.65. The van der Waals surface area contributed by atoms with Crippen LogP contribution in [0.4, 0.5) is 16.2 Å². The topological polar surface area (TPSA) is 83.8 Å². The van der Waals surface area contributed by atoms with Gasteiger partial charge in [-0.05, 0) is 67.4 Å². The number of nitrogens with one attached hydrogen (secondary N) is 1. The van der Waals surface area contributed by atoms with Crippen molar-refractivity contribution in [1.29, 1.82) is 0 Å². The van der Waals surface area contributed by atoms with Crippen molar-refractivity contribution in [3.05, 3.63) is 90.1 Å². The number of hydrogen-bond donors (Lipinski definition) is 2. The quantitative estimate of drug-likeness (QED) is 0.408. The lowest BCUT2D eigenvalue weighted by Crippen LogP contribution is -2.44. The first-order chi connectivity index (χ1) is 16.5. The summed E-state index contributed by atoms with van der Waals surface area (Å²) in [7, 11) is 1.60. The summed E-state index contributed by atoms with van der Waals surface area (Å²) in [6, 6.07) is 22.4. The summed E-state index contributed by atoms with van der Waals surface area (Å²) < 4.78 is 6.44. The number of ether oxygens (including phenoxy) is 1. The Morgan fingerprint density at radius 2 is 1.76 bits per heavy atom. The fourth-order valence-electron chi connectivity index (χ4n) is 4.78. The molecule has 0 aliphatic carbocycles. The fourth-order valence-corrected chi connectivity index (χ4v) is 4.78. The molecule has 2 heterocycles. The first-order valence-electron chi connectivity index (χ1n) is 11.1. The van der Waals surface area contributed by atoms with Gasteiger partial charge in [-0.2, -0.15) is 0 Å². The second-order valence-electron chi connectivity index (χ2n) is 8.45. The Kier molecular flexibility index (Phi) is 5.45. The molecule has 7 heteroatoms. The van der Waals surface area contributed by atoms with Gasteiger partial charge in [0.05, 0.1) is 18.7 Å². The molecule has 0 spiro atoms. The summed E-state index contributed by atoms with van der Waals surface area (Å²) in [6.45, 7) is 2.05. The lowest BCUT2D eigenvalue weighted by Gasteiger charge is -2.40. The largest absolute Gasteiger partial charge is 0.497 e. The highest BCUT2D eigenvalue weighted by molar-refractivity contribution is 6.07. The van der Waals surface area contributed by atoms with Crippen LogP contribution in [0.2, 0.25) is 0 Å². The molecule has 1 amide bonds. The van der Waals surface area contributed by atoms with Crippen molar-refractivity contribution in [3.63, 3.8) is 0 Å². The maximum Gasteiger partial charge on any atom is 0.416 e. The van der Waals surface area contributed by atoms with E-state index >= 15 is 0 Å². The summed E-state index contributed by atoms with van der Waals surface area (Å²) in [5.41, 5.74) is 3.99. The number of benzene rings is 3. The van der Waals surface area contributed by atoms with Crippen LogP contribution in [-0.2, 0) is 0 Å². The zero-order valence-electron chi connectivity index (χ0n) is 18.9. The van der Waals surface area contributed by atoms with Gasteiger partial charge >= 0.3 is 6.09 Å². The average molecular weight is 456 g/mol. The normalized spacial score (nSPS) is 17.3. The van der Waals surface area contributed by atoms with Crippen LogP contribution in [0, 0.1) is 0 Å². The van der Waals surface area contributed by atoms with Gasteiger partial charge in [0, 0.05) is 34.6 Å². The van der Waals surface area contributed by atoms with Gasteiger partial charge in [0.15, 0.2) is 0 Å². The maximum atomic E-state index is 13.5. The number of carbonyl (C=O) groups excluding carboxylic acids is 1. The minimum absolute atomic E-state index is 0.0371. The Morgan fingerprint density at radius 1 is 1.00 bits per heavy atom. The van der Waals surface area contributed by atoms with Crippen molar-refractivity contribution >= 4 is 34.3 Å². The molecule has 3 aromatic carbocycles. The molecule has 0 saturated heterocycles. The van der Waals surface area contributed by atoms with Crippen molar-refractivity contribution in [2.75, 3.05) is 17.3 Å². The molecule has 1 aliphatic heterocycles. The number of nitrogens with zero attached hydrogens (tertiary/aromatic N) is 2. The van der Waals surface area contributed by atoms with Crippen LogP contribution in [0.5, 0.6) is 5.75 Å². The second-order valence-corrected chi connectivity index (χ2v) is 8.45. The first kappa shape index (κ1) is 21.6. The predicted octanol–water partition coefficient (Wildman–Crippen LogP) is 5.77. The Morgan fingerprint density at radius 3 is 2.50 bits per heavy atom. The number of anilines is 2.